The second-order valence-corrected chi connectivity index (χ2v) is 6.13. The van der Waals surface area contributed by atoms with Crippen molar-refractivity contribution >= 4 is 33.3 Å². The molecular formula is C15H18BrNO2. The first kappa shape index (κ1) is 14.3. The molecule has 3 nitrogen and oxygen atoms in total. The van der Waals surface area contributed by atoms with E-state index < -0.39 is 0 Å². The highest BCUT2D eigenvalue weighted by Crippen LogP contribution is 2.33. The van der Waals surface area contributed by atoms with Gasteiger partial charge in [0.1, 0.15) is 0 Å². The van der Waals surface area contributed by atoms with Crippen molar-refractivity contribution in [2.75, 3.05) is 4.90 Å². The van der Waals surface area contributed by atoms with E-state index in [2.05, 4.69) is 15.9 Å². The Labute approximate surface area is 122 Å². The van der Waals surface area contributed by atoms with Crippen molar-refractivity contribution in [1.29, 1.82) is 0 Å². The van der Waals surface area contributed by atoms with Crippen LogP contribution in [0.2, 0.25) is 0 Å². The average molecular weight is 324 g/mol. The molecule has 0 bridgehead atoms. The molecule has 2 unspecified atom stereocenters. The molecule has 0 N–H and O–H groups in total. The molecule has 0 radical (unpaired) electrons. The summed E-state index contributed by atoms with van der Waals surface area (Å²) < 4.78 is 0. The molecule has 1 aliphatic heterocycles. The number of carbonyl (C=O) groups is 2. The first-order valence-electron chi connectivity index (χ1n) is 6.56. The van der Waals surface area contributed by atoms with Gasteiger partial charge in [-0.2, -0.15) is 0 Å². The zero-order valence-electron chi connectivity index (χ0n) is 11.4. The zero-order chi connectivity index (χ0) is 14.2. The number of nitrogens with zero attached hydrogens (tertiary/aromatic N) is 1. The van der Waals surface area contributed by atoms with E-state index in [4.69, 9.17) is 0 Å². The van der Waals surface area contributed by atoms with E-state index in [1.165, 1.54) is 0 Å². The van der Waals surface area contributed by atoms with Crippen molar-refractivity contribution in [2.24, 2.45) is 0 Å². The third-order valence-electron chi connectivity index (χ3n) is 3.56. The fraction of sp³-hybridized carbons (Fsp3) is 0.467. The van der Waals surface area contributed by atoms with Gasteiger partial charge < -0.3 is 4.90 Å². The molecule has 0 saturated carbocycles. The third kappa shape index (κ3) is 2.59. The minimum Gasteiger partial charge on any atom is -0.309 e. The van der Waals surface area contributed by atoms with Gasteiger partial charge in [-0.3, -0.25) is 9.59 Å². The lowest BCUT2D eigenvalue weighted by Gasteiger charge is -2.20. The lowest BCUT2D eigenvalue weighted by molar-refractivity contribution is -0.116. The predicted molar refractivity (Wildman–Crippen MR) is 80.1 cm³/mol. The normalized spacial score (nSPS) is 19.2. The van der Waals surface area contributed by atoms with Crippen LogP contribution in [0.15, 0.2) is 18.2 Å². The van der Waals surface area contributed by atoms with Crippen molar-refractivity contribution in [3.63, 3.8) is 0 Å². The Balaban J connectivity index is 2.35. The van der Waals surface area contributed by atoms with Gasteiger partial charge in [0.25, 0.3) is 0 Å². The van der Waals surface area contributed by atoms with Crippen LogP contribution in [-0.4, -0.2) is 22.6 Å². The molecule has 2 rings (SSSR count). The van der Waals surface area contributed by atoms with E-state index in [1.54, 1.807) is 11.8 Å². The molecule has 1 aromatic rings. The maximum Gasteiger partial charge on any atom is 0.224 e. The summed E-state index contributed by atoms with van der Waals surface area (Å²) in [6.45, 7) is 5.59. The van der Waals surface area contributed by atoms with Crippen LogP contribution in [0.25, 0.3) is 0 Å². The number of halogens is 1. The van der Waals surface area contributed by atoms with Crippen molar-refractivity contribution in [3.8, 4) is 0 Å². The molecule has 0 aliphatic carbocycles. The molecular weight excluding hydrogens is 306 g/mol. The van der Waals surface area contributed by atoms with Gasteiger partial charge in [0.2, 0.25) is 5.91 Å². The maximum absolute atomic E-state index is 12.1. The standard InChI is InChI=1S/C15H18BrNO2/c1-4-13(16)15(19)11-5-6-14-12(8-11)7-9(2)17(14)10(3)18/h5-6,8-9,13H,4,7H2,1-3H3. The number of alkyl halides is 1. The van der Waals surface area contributed by atoms with Crippen LogP contribution in [0.1, 0.15) is 43.1 Å². The number of hydrogen-bond donors (Lipinski definition) is 0. The van der Waals surface area contributed by atoms with E-state index >= 15 is 0 Å². The van der Waals surface area contributed by atoms with Crippen LogP contribution in [0.5, 0.6) is 0 Å². The first-order chi connectivity index (χ1) is 8.95. The monoisotopic (exact) mass is 323 g/mol. The summed E-state index contributed by atoms with van der Waals surface area (Å²) in [4.78, 5) is 25.5. The van der Waals surface area contributed by atoms with Crippen LogP contribution >= 0.6 is 15.9 Å². The fourth-order valence-corrected chi connectivity index (χ4v) is 2.89. The topological polar surface area (TPSA) is 37.4 Å². The second-order valence-electron chi connectivity index (χ2n) is 5.03. The minimum absolute atomic E-state index is 0.0530. The van der Waals surface area contributed by atoms with Crippen LogP contribution in [0.3, 0.4) is 0 Å². The smallest absolute Gasteiger partial charge is 0.224 e. The third-order valence-corrected chi connectivity index (χ3v) is 4.63. The Morgan fingerprint density at radius 3 is 2.74 bits per heavy atom. The van der Waals surface area contributed by atoms with Crippen molar-refractivity contribution in [1.82, 2.24) is 0 Å². The number of amides is 1. The molecule has 0 fully saturated rings. The summed E-state index contributed by atoms with van der Waals surface area (Å²) in [5, 5.41) is 0. The van der Waals surface area contributed by atoms with Crippen LogP contribution in [0.4, 0.5) is 5.69 Å². The minimum atomic E-state index is -0.131. The van der Waals surface area contributed by atoms with E-state index in [-0.39, 0.29) is 22.6 Å². The Morgan fingerprint density at radius 1 is 1.47 bits per heavy atom. The molecule has 19 heavy (non-hydrogen) atoms. The molecule has 1 amide bonds. The highest BCUT2D eigenvalue weighted by Gasteiger charge is 2.29. The first-order valence-corrected chi connectivity index (χ1v) is 7.48. The molecule has 0 aromatic heterocycles. The van der Waals surface area contributed by atoms with E-state index in [9.17, 15) is 9.59 Å². The number of ketones is 1. The Bertz CT molecular complexity index is 527. The molecule has 4 heteroatoms. The molecule has 1 aromatic carbocycles. The lowest BCUT2D eigenvalue weighted by Crippen LogP contribution is -2.33. The Hall–Kier alpha value is -1.16. The van der Waals surface area contributed by atoms with Crippen LogP contribution < -0.4 is 4.90 Å². The molecule has 1 heterocycles. The van der Waals surface area contributed by atoms with Crippen molar-refractivity contribution < 1.29 is 9.59 Å². The number of benzene rings is 1. The second kappa shape index (κ2) is 5.45. The molecule has 0 spiro atoms. The van der Waals surface area contributed by atoms with Crippen molar-refractivity contribution in [3.05, 3.63) is 29.3 Å². The molecule has 1 aliphatic rings. The summed E-state index contributed by atoms with van der Waals surface area (Å²) in [5.41, 5.74) is 2.75. The van der Waals surface area contributed by atoms with Gasteiger partial charge in [-0.05, 0) is 43.5 Å². The molecule has 0 saturated heterocycles. The van der Waals surface area contributed by atoms with Gasteiger partial charge in [0, 0.05) is 24.2 Å². The summed E-state index contributed by atoms with van der Waals surface area (Å²) in [5.74, 6) is 0.163. The van der Waals surface area contributed by atoms with Crippen molar-refractivity contribution in [2.45, 2.75) is 44.5 Å². The number of hydrogen-bond acceptors (Lipinski definition) is 2. The van der Waals surface area contributed by atoms with Gasteiger partial charge in [-0.25, -0.2) is 0 Å². The predicted octanol–water partition coefficient (Wildman–Crippen LogP) is 3.34. The zero-order valence-corrected chi connectivity index (χ0v) is 13.0. The summed E-state index contributed by atoms with van der Waals surface area (Å²) in [6, 6.07) is 5.81. The van der Waals surface area contributed by atoms with E-state index in [1.807, 2.05) is 32.0 Å². The average Bonchev–Trinajstić information content (AvgIpc) is 2.71. The van der Waals surface area contributed by atoms with Gasteiger partial charge in [0.15, 0.2) is 5.78 Å². The highest BCUT2D eigenvalue weighted by molar-refractivity contribution is 9.10. The number of Topliss-reactive ketones (excluding diaryl/α,β-unsaturated/α-hetero) is 1. The van der Waals surface area contributed by atoms with Gasteiger partial charge in [-0.1, -0.05) is 22.9 Å². The lowest BCUT2D eigenvalue weighted by atomic mass is 10.0. The van der Waals surface area contributed by atoms with Gasteiger partial charge >= 0.3 is 0 Å². The molecule has 102 valence electrons. The van der Waals surface area contributed by atoms with Gasteiger partial charge in [-0.15, -0.1) is 0 Å². The Kier molecular flexibility index (Phi) is 4.09. The van der Waals surface area contributed by atoms with Crippen LogP contribution in [-0.2, 0) is 11.2 Å². The molecule has 2 atom stereocenters. The van der Waals surface area contributed by atoms with E-state index in [0.717, 1.165) is 29.7 Å². The Morgan fingerprint density at radius 2 is 2.16 bits per heavy atom. The SMILES string of the molecule is CCC(Br)C(=O)c1ccc2c(c1)CC(C)N2C(C)=O. The summed E-state index contributed by atoms with van der Waals surface area (Å²) >= 11 is 3.39. The quantitative estimate of drug-likeness (QED) is 0.632. The fourth-order valence-electron chi connectivity index (χ4n) is 2.63. The number of rotatable bonds is 3. The van der Waals surface area contributed by atoms with Gasteiger partial charge in [0.05, 0.1) is 4.83 Å². The largest absolute Gasteiger partial charge is 0.309 e. The maximum atomic E-state index is 12.1. The number of fused-ring (bicyclic) bond motifs is 1. The number of anilines is 1. The summed E-state index contributed by atoms with van der Waals surface area (Å²) in [7, 11) is 0. The number of carbonyl (C=O) groups excluding carboxylic acids is 2. The summed E-state index contributed by atoms with van der Waals surface area (Å²) in [6.07, 6.45) is 1.58. The highest BCUT2D eigenvalue weighted by atomic mass is 79.9. The van der Waals surface area contributed by atoms with E-state index in [0.29, 0.717) is 0 Å². The van der Waals surface area contributed by atoms with Crippen LogP contribution in [0, 0.1) is 0 Å².